The van der Waals surface area contributed by atoms with Gasteiger partial charge in [0.25, 0.3) is 0 Å². The minimum atomic E-state index is -0.685. The first-order valence-electron chi connectivity index (χ1n) is 10.4. The van der Waals surface area contributed by atoms with E-state index in [4.69, 9.17) is 0 Å². The first-order chi connectivity index (χ1) is 14.7. The van der Waals surface area contributed by atoms with Crippen LogP contribution in [0.5, 0.6) is 0 Å². The van der Waals surface area contributed by atoms with E-state index in [0.29, 0.717) is 12.1 Å². The Morgan fingerprint density at radius 3 is 2.77 bits per heavy atom. The molecule has 1 aliphatic carbocycles. The highest BCUT2D eigenvalue weighted by atomic mass is 16.2. The van der Waals surface area contributed by atoms with E-state index in [1.54, 1.807) is 18.7 Å². The van der Waals surface area contributed by atoms with Crippen molar-refractivity contribution in [2.24, 2.45) is 5.92 Å². The van der Waals surface area contributed by atoms with E-state index >= 15 is 0 Å². The van der Waals surface area contributed by atoms with E-state index in [1.165, 1.54) is 6.42 Å². The number of nitrogens with zero attached hydrogens (tertiary/aromatic N) is 2. The van der Waals surface area contributed by atoms with Gasteiger partial charge in [0.2, 0.25) is 11.8 Å². The summed E-state index contributed by atoms with van der Waals surface area (Å²) in [5.74, 6) is -0.310. The number of anilines is 1. The molecule has 1 fully saturated rings. The van der Waals surface area contributed by atoms with E-state index in [0.717, 1.165) is 42.6 Å². The maximum Gasteiger partial charge on any atom is 0.247 e. The number of hydrogen-bond donors (Lipinski definition) is 4. The van der Waals surface area contributed by atoms with Crippen LogP contribution in [0.3, 0.4) is 0 Å². The van der Waals surface area contributed by atoms with Crippen LogP contribution in [0.1, 0.15) is 37.8 Å². The standard InChI is InChI=1S/C22H26N6O2/c29-21(15-5-2-1-3-6-15)27-20(12-18-13-23-14-24-18)22(30)26-17-8-4-7-16(11-17)19-9-10-25-28-19/h4,7-11,13-15,20H,1-3,5-6,12H2,(H,23,24)(H,25,28)(H,26,30)(H,27,29)/t20-/m0/s1. The number of hydrogen-bond acceptors (Lipinski definition) is 4. The molecule has 2 amide bonds. The van der Waals surface area contributed by atoms with Gasteiger partial charge in [-0.2, -0.15) is 5.10 Å². The molecule has 1 saturated carbocycles. The topological polar surface area (TPSA) is 116 Å². The molecule has 4 N–H and O–H groups in total. The Balaban J connectivity index is 1.47. The van der Waals surface area contributed by atoms with Crippen LogP contribution in [-0.2, 0) is 16.0 Å². The molecule has 30 heavy (non-hydrogen) atoms. The number of H-pyrrole nitrogens is 2. The Morgan fingerprint density at radius 1 is 1.17 bits per heavy atom. The number of nitrogens with one attached hydrogen (secondary N) is 4. The van der Waals surface area contributed by atoms with E-state index in [2.05, 4.69) is 30.8 Å². The van der Waals surface area contributed by atoms with Gasteiger partial charge in [-0.25, -0.2) is 4.98 Å². The second kappa shape index (κ2) is 9.39. The maximum atomic E-state index is 13.1. The lowest BCUT2D eigenvalue weighted by molar-refractivity contribution is -0.130. The predicted molar refractivity (Wildman–Crippen MR) is 113 cm³/mol. The van der Waals surface area contributed by atoms with Gasteiger partial charge in [0.05, 0.1) is 12.0 Å². The molecule has 2 aromatic heterocycles. The predicted octanol–water partition coefficient (Wildman–Crippen LogP) is 3.05. The van der Waals surface area contributed by atoms with Crippen LogP contribution in [0.2, 0.25) is 0 Å². The zero-order chi connectivity index (χ0) is 20.8. The molecular weight excluding hydrogens is 380 g/mol. The quantitative estimate of drug-likeness (QED) is 0.483. The first-order valence-corrected chi connectivity index (χ1v) is 10.4. The molecule has 0 aliphatic heterocycles. The Kier molecular flexibility index (Phi) is 6.22. The summed E-state index contributed by atoms with van der Waals surface area (Å²) in [4.78, 5) is 32.9. The van der Waals surface area contributed by atoms with E-state index in [9.17, 15) is 9.59 Å². The summed E-state index contributed by atoms with van der Waals surface area (Å²) >= 11 is 0. The van der Waals surface area contributed by atoms with Gasteiger partial charge in [0, 0.05) is 41.7 Å². The molecule has 0 saturated heterocycles. The number of carbonyl (C=O) groups is 2. The fraction of sp³-hybridized carbons (Fsp3) is 0.364. The van der Waals surface area contributed by atoms with Crippen molar-refractivity contribution < 1.29 is 9.59 Å². The zero-order valence-electron chi connectivity index (χ0n) is 16.7. The van der Waals surface area contributed by atoms with E-state index in [1.807, 2.05) is 30.3 Å². The second-order valence-electron chi connectivity index (χ2n) is 7.72. The number of rotatable bonds is 7. The van der Waals surface area contributed by atoms with Gasteiger partial charge in [-0.3, -0.25) is 14.7 Å². The van der Waals surface area contributed by atoms with Gasteiger partial charge in [-0.05, 0) is 31.0 Å². The number of aromatic nitrogens is 4. The van der Waals surface area contributed by atoms with Crippen molar-refractivity contribution in [3.05, 3.63) is 54.7 Å². The zero-order valence-corrected chi connectivity index (χ0v) is 16.7. The third-order valence-corrected chi connectivity index (χ3v) is 5.53. The molecule has 3 aromatic rings. The van der Waals surface area contributed by atoms with Gasteiger partial charge in [0.15, 0.2) is 0 Å². The average molecular weight is 406 g/mol. The Hall–Kier alpha value is -3.42. The van der Waals surface area contributed by atoms with E-state index in [-0.39, 0.29) is 17.7 Å². The molecule has 8 heteroatoms. The lowest BCUT2D eigenvalue weighted by Gasteiger charge is -2.24. The minimum absolute atomic E-state index is 0.0143. The Bertz CT molecular complexity index is 961. The molecule has 0 radical (unpaired) electrons. The second-order valence-corrected chi connectivity index (χ2v) is 7.72. The molecule has 1 atom stereocenters. The Labute approximate surface area is 174 Å². The van der Waals surface area contributed by atoms with Crippen LogP contribution in [0.15, 0.2) is 49.1 Å². The highest BCUT2D eigenvalue weighted by Crippen LogP contribution is 2.24. The molecule has 1 aromatic carbocycles. The van der Waals surface area contributed by atoms with Crippen LogP contribution in [0.4, 0.5) is 5.69 Å². The molecule has 156 valence electrons. The third kappa shape index (κ3) is 4.94. The maximum absolute atomic E-state index is 13.1. The van der Waals surface area contributed by atoms with Crippen LogP contribution >= 0.6 is 0 Å². The molecule has 8 nitrogen and oxygen atoms in total. The smallest absolute Gasteiger partial charge is 0.247 e. The molecular formula is C22H26N6O2. The van der Waals surface area contributed by atoms with Crippen molar-refractivity contribution in [2.75, 3.05) is 5.32 Å². The fourth-order valence-corrected chi connectivity index (χ4v) is 3.89. The average Bonchev–Trinajstić information content (AvgIpc) is 3.48. The summed E-state index contributed by atoms with van der Waals surface area (Å²) < 4.78 is 0. The van der Waals surface area contributed by atoms with Gasteiger partial charge >= 0.3 is 0 Å². The lowest BCUT2D eigenvalue weighted by Crippen LogP contribution is -2.47. The fourth-order valence-electron chi connectivity index (χ4n) is 3.89. The van der Waals surface area contributed by atoms with Crippen LogP contribution in [0.25, 0.3) is 11.3 Å². The monoisotopic (exact) mass is 406 g/mol. The van der Waals surface area contributed by atoms with E-state index < -0.39 is 6.04 Å². The number of aromatic amines is 2. The lowest BCUT2D eigenvalue weighted by atomic mass is 9.88. The first kappa shape index (κ1) is 19.9. The van der Waals surface area contributed by atoms with Gasteiger partial charge in [0.1, 0.15) is 6.04 Å². The highest BCUT2D eigenvalue weighted by Gasteiger charge is 2.27. The summed E-state index contributed by atoms with van der Waals surface area (Å²) in [6, 6.07) is 8.70. The summed E-state index contributed by atoms with van der Waals surface area (Å²) in [5.41, 5.74) is 3.24. The normalized spacial score (nSPS) is 15.5. The minimum Gasteiger partial charge on any atom is -0.348 e. The summed E-state index contributed by atoms with van der Waals surface area (Å²) in [6.07, 6.45) is 10.4. The summed E-state index contributed by atoms with van der Waals surface area (Å²) in [7, 11) is 0. The molecule has 0 bridgehead atoms. The van der Waals surface area contributed by atoms with Crippen molar-refractivity contribution >= 4 is 17.5 Å². The van der Waals surface area contributed by atoms with Crippen molar-refractivity contribution in [1.82, 2.24) is 25.5 Å². The molecule has 1 aliphatic rings. The number of benzene rings is 1. The van der Waals surface area contributed by atoms with Gasteiger partial charge in [-0.1, -0.05) is 31.4 Å². The largest absolute Gasteiger partial charge is 0.348 e. The van der Waals surface area contributed by atoms with Crippen LogP contribution in [-0.4, -0.2) is 38.0 Å². The number of carbonyl (C=O) groups excluding carboxylic acids is 2. The van der Waals surface area contributed by atoms with Crippen molar-refractivity contribution in [1.29, 1.82) is 0 Å². The SMILES string of the molecule is O=C(N[C@@H](Cc1cnc[nH]1)C(=O)Nc1cccc(-c2ccn[nH]2)c1)C1CCCCC1. The molecule has 0 unspecified atom stereocenters. The summed E-state index contributed by atoms with van der Waals surface area (Å²) in [5, 5.41) is 12.8. The van der Waals surface area contributed by atoms with Gasteiger partial charge < -0.3 is 15.6 Å². The summed E-state index contributed by atoms with van der Waals surface area (Å²) in [6.45, 7) is 0. The van der Waals surface area contributed by atoms with Crippen molar-refractivity contribution in [3.8, 4) is 11.3 Å². The van der Waals surface area contributed by atoms with Crippen LogP contribution in [0, 0.1) is 5.92 Å². The molecule has 2 heterocycles. The number of imidazole rings is 1. The van der Waals surface area contributed by atoms with Crippen molar-refractivity contribution in [3.63, 3.8) is 0 Å². The van der Waals surface area contributed by atoms with Crippen molar-refractivity contribution in [2.45, 2.75) is 44.6 Å². The molecule has 4 rings (SSSR count). The Morgan fingerprint density at radius 2 is 2.03 bits per heavy atom. The third-order valence-electron chi connectivity index (χ3n) is 5.53. The highest BCUT2D eigenvalue weighted by molar-refractivity contribution is 5.98. The molecule has 0 spiro atoms. The number of amides is 2. The van der Waals surface area contributed by atoms with Gasteiger partial charge in [-0.15, -0.1) is 0 Å². The van der Waals surface area contributed by atoms with Crippen LogP contribution < -0.4 is 10.6 Å².